The van der Waals surface area contributed by atoms with Gasteiger partial charge >= 0.3 is 0 Å². The smallest absolute Gasteiger partial charge is 0.195 e. The summed E-state index contributed by atoms with van der Waals surface area (Å²) in [4.78, 5) is 20.1. The lowest BCUT2D eigenvalue weighted by Gasteiger charge is -2.05. The van der Waals surface area contributed by atoms with Crippen LogP contribution in [0.4, 0.5) is 0 Å². The number of ketones is 1. The van der Waals surface area contributed by atoms with Gasteiger partial charge in [0.25, 0.3) is 0 Å². The first-order valence-corrected chi connectivity index (χ1v) is 6.78. The largest absolute Gasteiger partial charge is 0.360 e. The Morgan fingerprint density at radius 2 is 1.76 bits per heavy atom. The molecule has 4 aromatic rings. The lowest BCUT2D eigenvalue weighted by atomic mass is 9.97. The summed E-state index contributed by atoms with van der Waals surface area (Å²) in [6, 6.07) is 15.6. The molecule has 2 aromatic heterocycles. The van der Waals surface area contributed by atoms with Crippen LogP contribution >= 0.6 is 0 Å². The zero-order valence-corrected chi connectivity index (χ0v) is 11.2. The number of pyridine rings is 1. The standard InChI is InChI=1S/C18H12N2O/c21-18(16-11-20-17-8-9-19-10-15(16)17)14-7-3-5-12-4-1-2-6-13(12)14/h1-11,20H. The third-order valence-electron chi connectivity index (χ3n) is 3.76. The van der Waals surface area contributed by atoms with Crippen molar-refractivity contribution in [2.24, 2.45) is 0 Å². The number of hydrogen-bond donors (Lipinski definition) is 1. The van der Waals surface area contributed by atoms with Crippen LogP contribution in [0.3, 0.4) is 0 Å². The van der Waals surface area contributed by atoms with E-state index >= 15 is 0 Å². The van der Waals surface area contributed by atoms with Crippen molar-refractivity contribution in [3.8, 4) is 0 Å². The van der Waals surface area contributed by atoms with Crippen molar-refractivity contribution in [3.05, 3.63) is 78.2 Å². The Kier molecular flexibility index (Phi) is 2.57. The van der Waals surface area contributed by atoms with Gasteiger partial charge in [0.1, 0.15) is 0 Å². The molecule has 2 aromatic carbocycles. The Balaban J connectivity index is 1.95. The molecule has 0 aliphatic heterocycles. The summed E-state index contributed by atoms with van der Waals surface area (Å²) in [6.45, 7) is 0. The lowest BCUT2D eigenvalue weighted by molar-refractivity contribution is 0.104. The van der Waals surface area contributed by atoms with E-state index in [0.29, 0.717) is 5.56 Å². The molecular weight excluding hydrogens is 260 g/mol. The quantitative estimate of drug-likeness (QED) is 0.562. The molecule has 0 saturated heterocycles. The minimum Gasteiger partial charge on any atom is -0.360 e. The molecule has 1 N–H and O–H groups in total. The fourth-order valence-electron chi connectivity index (χ4n) is 2.72. The van der Waals surface area contributed by atoms with Crippen molar-refractivity contribution in [3.63, 3.8) is 0 Å². The van der Waals surface area contributed by atoms with Crippen LogP contribution < -0.4 is 0 Å². The van der Waals surface area contributed by atoms with Crippen LogP contribution in [0.2, 0.25) is 0 Å². The minimum atomic E-state index is 0.0195. The first-order chi connectivity index (χ1) is 10.3. The van der Waals surface area contributed by atoms with Crippen LogP contribution in [-0.4, -0.2) is 15.8 Å². The van der Waals surface area contributed by atoms with Gasteiger partial charge in [-0.1, -0.05) is 42.5 Å². The van der Waals surface area contributed by atoms with Crippen molar-refractivity contribution in [2.75, 3.05) is 0 Å². The molecule has 0 amide bonds. The van der Waals surface area contributed by atoms with Crippen molar-refractivity contribution >= 4 is 27.5 Å². The number of hydrogen-bond acceptors (Lipinski definition) is 2. The van der Waals surface area contributed by atoms with Crippen LogP contribution in [0.5, 0.6) is 0 Å². The molecule has 0 bridgehead atoms. The van der Waals surface area contributed by atoms with E-state index in [2.05, 4.69) is 9.97 Å². The summed E-state index contributed by atoms with van der Waals surface area (Å²) in [5, 5.41) is 2.90. The van der Waals surface area contributed by atoms with Gasteiger partial charge in [-0.15, -0.1) is 0 Å². The van der Waals surface area contributed by atoms with E-state index in [1.165, 1.54) is 0 Å². The zero-order valence-electron chi connectivity index (χ0n) is 11.2. The predicted octanol–water partition coefficient (Wildman–Crippen LogP) is 3.95. The van der Waals surface area contributed by atoms with Crippen molar-refractivity contribution in [2.45, 2.75) is 0 Å². The molecule has 4 rings (SSSR count). The third kappa shape index (κ3) is 1.82. The highest BCUT2D eigenvalue weighted by molar-refractivity contribution is 6.21. The number of H-pyrrole nitrogens is 1. The Bertz CT molecular complexity index is 964. The molecule has 0 radical (unpaired) electrons. The van der Waals surface area contributed by atoms with E-state index in [1.807, 2.05) is 48.5 Å². The molecule has 2 heterocycles. The van der Waals surface area contributed by atoms with Gasteiger partial charge in [-0.3, -0.25) is 9.78 Å². The Morgan fingerprint density at radius 1 is 0.905 bits per heavy atom. The van der Waals surface area contributed by atoms with Crippen molar-refractivity contribution in [1.82, 2.24) is 9.97 Å². The maximum absolute atomic E-state index is 12.9. The fraction of sp³-hybridized carbons (Fsp3) is 0. The van der Waals surface area contributed by atoms with Gasteiger partial charge in [0, 0.05) is 40.6 Å². The van der Waals surface area contributed by atoms with E-state index in [9.17, 15) is 4.79 Å². The summed E-state index contributed by atoms with van der Waals surface area (Å²) in [7, 11) is 0. The summed E-state index contributed by atoms with van der Waals surface area (Å²) < 4.78 is 0. The summed E-state index contributed by atoms with van der Waals surface area (Å²) in [5.74, 6) is 0.0195. The molecule has 21 heavy (non-hydrogen) atoms. The molecule has 3 heteroatoms. The second kappa shape index (κ2) is 4.56. The third-order valence-corrected chi connectivity index (χ3v) is 3.76. The Labute approximate surface area is 121 Å². The van der Waals surface area contributed by atoms with E-state index in [4.69, 9.17) is 0 Å². The topological polar surface area (TPSA) is 45.8 Å². The molecule has 0 aliphatic carbocycles. The minimum absolute atomic E-state index is 0.0195. The normalized spacial score (nSPS) is 11.0. The molecule has 0 unspecified atom stereocenters. The van der Waals surface area contributed by atoms with Crippen LogP contribution in [0.1, 0.15) is 15.9 Å². The van der Waals surface area contributed by atoms with Crippen LogP contribution in [0.15, 0.2) is 67.1 Å². The van der Waals surface area contributed by atoms with Crippen molar-refractivity contribution in [1.29, 1.82) is 0 Å². The molecule has 0 fully saturated rings. The van der Waals surface area contributed by atoms with E-state index < -0.39 is 0 Å². The number of benzene rings is 2. The van der Waals surface area contributed by atoms with Gasteiger partial charge in [-0.2, -0.15) is 0 Å². The highest BCUT2D eigenvalue weighted by atomic mass is 16.1. The highest BCUT2D eigenvalue weighted by Gasteiger charge is 2.16. The predicted molar refractivity (Wildman–Crippen MR) is 83.5 cm³/mol. The number of aromatic amines is 1. The number of fused-ring (bicyclic) bond motifs is 2. The zero-order chi connectivity index (χ0) is 14.2. The van der Waals surface area contributed by atoms with E-state index in [0.717, 1.165) is 27.2 Å². The maximum atomic E-state index is 12.9. The van der Waals surface area contributed by atoms with Gasteiger partial charge in [0.15, 0.2) is 5.78 Å². The fourth-order valence-corrected chi connectivity index (χ4v) is 2.72. The highest BCUT2D eigenvalue weighted by Crippen LogP contribution is 2.24. The molecule has 0 aliphatic rings. The number of carbonyl (C=O) groups is 1. The molecule has 100 valence electrons. The Hall–Kier alpha value is -2.94. The average Bonchev–Trinajstić information content (AvgIpc) is 2.98. The SMILES string of the molecule is O=C(c1cccc2ccccc12)c1c[nH]c2ccncc12. The van der Waals surface area contributed by atoms with Gasteiger partial charge in [-0.25, -0.2) is 0 Å². The molecule has 0 spiro atoms. The molecule has 0 saturated carbocycles. The number of nitrogens with one attached hydrogen (secondary N) is 1. The lowest BCUT2D eigenvalue weighted by Crippen LogP contribution is -2.01. The van der Waals surface area contributed by atoms with Crippen molar-refractivity contribution < 1.29 is 4.79 Å². The molecule has 3 nitrogen and oxygen atoms in total. The van der Waals surface area contributed by atoms with Gasteiger partial charge < -0.3 is 4.98 Å². The number of carbonyl (C=O) groups excluding carboxylic acids is 1. The van der Waals surface area contributed by atoms with E-state index in [1.54, 1.807) is 18.6 Å². The number of aromatic nitrogens is 2. The number of rotatable bonds is 2. The summed E-state index contributed by atoms with van der Waals surface area (Å²) in [5.41, 5.74) is 2.31. The molecule has 0 atom stereocenters. The monoisotopic (exact) mass is 272 g/mol. The van der Waals surface area contributed by atoms with E-state index in [-0.39, 0.29) is 5.78 Å². The molecular formula is C18H12N2O. The first kappa shape index (κ1) is 11.9. The van der Waals surface area contributed by atoms with Gasteiger partial charge in [0.2, 0.25) is 0 Å². The van der Waals surface area contributed by atoms with Crippen LogP contribution in [0, 0.1) is 0 Å². The van der Waals surface area contributed by atoms with Gasteiger partial charge in [-0.05, 0) is 16.8 Å². The average molecular weight is 272 g/mol. The Morgan fingerprint density at radius 3 is 2.71 bits per heavy atom. The van der Waals surface area contributed by atoms with Crippen LogP contribution in [0.25, 0.3) is 21.7 Å². The van der Waals surface area contributed by atoms with Gasteiger partial charge in [0.05, 0.1) is 0 Å². The second-order valence-corrected chi connectivity index (χ2v) is 4.98. The van der Waals surface area contributed by atoms with Crippen LogP contribution in [-0.2, 0) is 0 Å². The second-order valence-electron chi connectivity index (χ2n) is 4.98. The summed E-state index contributed by atoms with van der Waals surface area (Å²) in [6.07, 6.45) is 5.20. The summed E-state index contributed by atoms with van der Waals surface area (Å²) >= 11 is 0. The maximum Gasteiger partial charge on any atom is 0.195 e. The number of nitrogens with zero attached hydrogens (tertiary/aromatic N) is 1. The first-order valence-electron chi connectivity index (χ1n) is 6.78.